The Bertz CT molecular complexity index is 216. The molecule has 0 aromatic heterocycles. The van der Waals surface area contributed by atoms with Crippen molar-refractivity contribution in [3.8, 4) is 0 Å². The summed E-state index contributed by atoms with van der Waals surface area (Å²) in [5.74, 6) is 0.428. The van der Waals surface area contributed by atoms with Gasteiger partial charge >= 0.3 is 0 Å². The standard InChI is InChI=1S/C11H23IOSi/c1-8(12)10(13)9(2)14(6,7)11(3,4)5/h8-9H,1-7H3/t8-,9-/m1/s1. The van der Waals surface area contributed by atoms with Gasteiger partial charge in [0.25, 0.3) is 0 Å². The third-order valence-corrected chi connectivity index (χ3v) is 10.8. The molecular weight excluding hydrogens is 303 g/mol. The lowest BCUT2D eigenvalue weighted by atomic mass is 10.2. The first kappa shape index (κ1) is 14.6. The summed E-state index contributed by atoms with van der Waals surface area (Å²) >= 11 is 2.22. The van der Waals surface area contributed by atoms with Crippen molar-refractivity contribution in [2.45, 2.75) is 62.2 Å². The molecular formula is C11H23IOSi. The minimum absolute atomic E-state index is 0.150. The molecule has 0 aromatic carbocycles. The van der Waals surface area contributed by atoms with Crippen molar-refractivity contribution in [2.75, 3.05) is 0 Å². The summed E-state index contributed by atoms with van der Waals surface area (Å²) in [4.78, 5) is 12.0. The van der Waals surface area contributed by atoms with Crippen LogP contribution in [0.2, 0.25) is 23.7 Å². The maximum absolute atomic E-state index is 12.0. The molecule has 3 heteroatoms. The maximum atomic E-state index is 12.0. The molecule has 0 radical (unpaired) electrons. The van der Waals surface area contributed by atoms with Gasteiger partial charge in [-0.1, -0.05) is 63.4 Å². The van der Waals surface area contributed by atoms with E-state index in [0.717, 1.165) is 0 Å². The van der Waals surface area contributed by atoms with Gasteiger partial charge in [0.2, 0.25) is 0 Å². The van der Waals surface area contributed by atoms with Crippen molar-refractivity contribution < 1.29 is 4.79 Å². The van der Waals surface area contributed by atoms with Crippen LogP contribution in [-0.2, 0) is 4.79 Å². The molecule has 0 saturated heterocycles. The number of halogens is 1. The van der Waals surface area contributed by atoms with E-state index in [2.05, 4.69) is 63.4 Å². The van der Waals surface area contributed by atoms with Crippen molar-refractivity contribution >= 4 is 36.4 Å². The van der Waals surface area contributed by atoms with Gasteiger partial charge in [0.05, 0.1) is 12.0 Å². The average molecular weight is 326 g/mol. The zero-order valence-corrected chi connectivity index (χ0v) is 13.6. The molecule has 14 heavy (non-hydrogen) atoms. The molecule has 0 spiro atoms. The summed E-state index contributed by atoms with van der Waals surface area (Å²) in [5, 5.41) is 0.299. The molecule has 0 N–H and O–H groups in total. The van der Waals surface area contributed by atoms with Gasteiger partial charge in [0, 0.05) is 5.54 Å². The smallest absolute Gasteiger partial charge is 0.145 e. The third-order valence-electron chi connectivity index (χ3n) is 3.83. The lowest BCUT2D eigenvalue weighted by Gasteiger charge is -2.41. The highest BCUT2D eigenvalue weighted by Crippen LogP contribution is 2.44. The van der Waals surface area contributed by atoms with E-state index >= 15 is 0 Å². The van der Waals surface area contributed by atoms with Gasteiger partial charge in [-0.05, 0) is 12.0 Å². The Morgan fingerprint density at radius 2 is 1.57 bits per heavy atom. The van der Waals surface area contributed by atoms with Crippen molar-refractivity contribution in [2.24, 2.45) is 0 Å². The van der Waals surface area contributed by atoms with Crippen LogP contribution in [0.5, 0.6) is 0 Å². The van der Waals surface area contributed by atoms with E-state index < -0.39 is 8.07 Å². The summed E-state index contributed by atoms with van der Waals surface area (Å²) in [6, 6.07) is 0. The van der Waals surface area contributed by atoms with E-state index in [1.807, 2.05) is 6.92 Å². The summed E-state index contributed by atoms with van der Waals surface area (Å²) in [5.41, 5.74) is 0.259. The van der Waals surface area contributed by atoms with Crippen LogP contribution in [0.25, 0.3) is 0 Å². The zero-order chi connectivity index (χ0) is 11.7. The van der Waals surface area contributed by atoms with Crippen LogP contribution in [0, 0.1) is 0 Å². The first-order valence-corrected chi connectivity index (χ1v) is 9.52. The monoisotopic (exact) mass is 326 g/mol. The predicted octanol–water partition coefficient (Wildman–Crippen LogP) is 4.28. The number of alkyl halides is 1. The van der Waals surface area contributed by atoms with Crippen LogP contribution in [0.4, 0.5) is 0 Å². The average Bonchev–Trinajstić information content (AvgIpc) is 1.99. The fourth-order valence-corrected chi connectivity index (χ4v) is 4.49. The molecule has 0 aliphatic carbocycles. The van der Waals surface area contributed by atoms with Gasteiger partial charge in [0.15, 0.2) is 0 Å². The van der Waals surface area contributed by atoms with Crippen molar-refractivity contribution in [3.63, 3.8) is 0 Å². The van der Waals surface area contributed by atoms with E-state index in [4.69, 9.17) is 0 Å². The topological polar surface area (TPSA) is 17.1 Å². The molecule has 2 atom stereocenters. The van der Waals surface area contributed by atoms with Gasteiger partial charge in [-0.3, -0.25) is 4.79 Å². The fraction of sp³-hybridized carbons (Fsp3) is 0.909. The Labute approximate surface area is 103 Å². The number of ketones is 1. The quantitative estimate of drug-likeness (QED) is 0.430. The van der Waals surface area contributed by atoms with E-state index in [0.29, 0.717) is 10.8 Å². The summed E-state index contributed by atoms with van der Waals surface area (Å²) in [7, 11) is -1.49. The summed E-state index contributed by atoms with van der Waals surface area (Å²) < 4.78 is 0.150. The molecule has 0 bridgehead atoms. The van der Waals surface area contributed by atoms with Crippen LogP contribution in [0.1, 0.15) is 34.6 Å². The van der Waals surface area contributed by atoms with E-state index in [1.165, 1.54) is 0 Å². The number of carbonyl (C=O) groups excluding carboxylic acids is 1. The van der Waals surface area contributed by atoms with Gasteiger partial charge in [0.1, 0.15) is 5.78 Å². The van der Waals surface area contributed by atoms with Crippen LogP contribution in [-0.4, -0.2) is 17.8 Å². The van der Waals surface area contributed by atoms with E-state index in [-0.39, 0.29) is 9.47 Å². The largest absolute Gasteiger partial charge is 0.299 e. The summed E-state index contributed by atoms with van der Waals surface area (Å²) in [6.45, 7) is 15.6. The first-order chi connectivity index (χ1) is 6.01. The second-order valence-electron chi connectivity index (χ2n) is 5.71. The predicted molar refractivity (Wildman–Crippen MR) is 75.1 cm³/mol. The number of rotatable bonds is 3. The Kier molecular flexibility index (Phi) is 4.84. The van der Waals surface area contributed by atoms with E-state index in [9.17, 15) is 4.79 Å². The molecule has 0 rings (SSSR count). The SMILES string of the molecule is C[C@H](C(=O)[C@@H](C)I)[Si](C)(C)C(C)(C)C. The molecule has 0 saturated carbocycles. The minimum Gasteiger partial charge on any atom is -0.299 e. The lowest BCUT2D eigenvalue weighted by Crippen LogP contribution is -2.45. The highest BCUT2D eigenvalue weighted by molar-refractivity contribution is 14.1. The number of hydrogen-bond acceptors (Lipinski definition) is 1. The molecule has 0 aliphatic rings. The Morgan fingerprint density at radius 1 is 1.21 bits per heavy atom. The number of carbonyl (C=O) groups is 1. The molecule has 0 amide bonds. The van der Waals surface area contributed by atoms with Crippen molar-refractivity contribution in [1.82, 2.24) is 0 Å². The van der Waals surface area contributed by atoms with Gasteiger partial charge < -0.3 is 0 Å². The van der Waals surface area contributed by atoms with E-state index in [1.54, 1.807) is 0 Å². The van der Waals surface area contributed by atoms with Gasteiger partial charge in [-0.2, -0.15) is 0 Å². The molecule has 0 aliphatic heterocycles. The normalized spacial score (nSPS) is 17.7. The zero-order valence-electron chi connectivity index (χ0n) is 10.4. The summed E-state index contributed by atoms with van der Waals surface area (Å²) in [6.07, 6.45) is 0. The second-order valence-corrected chi connectivity index (χ2v) is 13.4. The highest BCUT2D eigenvalue weighted by atomic mass is 127. The van der Waals surface area contributed by atoms with Gasteiger partial charge in [-0.25, -0.2) is 0 Å². The number of hydrogen-bond donors (Lipinski definition) is 0. The maximum Gasteiger partial charge on any atom is 0.145 e. The van der Waals surface area contributed by atoms with Crippen molar-refractivity contribution in [3.05, 3.63) is 0 Å². The number of Topliss-reactive ketones (excluding diaryl/α,β-unsaturated/α-hetero) is 1. The van der Waals surface area contributed by atoms with Crippen LogP contribution in [0.3, 0.4) is 0 Å². The second kappa shape index (κ2) is 4.64. The highest BCUT2D eigenvalue weighted by Gasteiger charge is 2.43. The molecule has 0 heterocycles. The Morgan fingerprint density at radius 3 is 1.79 bits per heavy atom. The van der Waals surface area contributed by atoms with Crippen LogP contribution < -0.4 is 0 Å². The van der Waals surface area contributed by atoms with Crippen LogP contribution in [0.15, 0.2) is 0 Å². The minimum atomic E-state index is -1.49. The molecule has 1 nitrogen and oxygen atoms in total. The molecule has 84 valence electrons. The first-order valence-electron chi connectivity index (χ1n) is 5.19. The Balaban J connectivity index is 4.85. The molecule has 0 aromatic rings. The Hall–Kier alpha value is 0.617. The van der Waals surface area contributed by atoms with Crippen LogP contribution >= 0.6 is 22.6 Å². The molecule has 0 unspecified atom stereocenters. The van der Waals surface area contributed by atoms with Crippen molar-refractivity contribution in [1.29, 1.82) is 0 Å². The van der Waals surface area contributed by atoms with Gasteiger partial charge in [-0.15, -0.1) is 0 Å². The fourth-order valence-electron chi connectivity index (χ4n) is 1.35. The molecule has 0 fully saturated rings. The lowest BCUT2D eigenvalue weighted by molar-refractivity contribution is -0.117. The third kappa shape index (κ3) is 3.05.